The smallest absolute Gasteiger partial charge is 0.401 e. The molecule has 2 heterocycles. The lowest BCUT2D eigenvalue weighted by atomic mass is 9.99. The molecular formula is C13H22O13. The van der Waals surface area contributed by atoms with E-state index >= 15 is 0 Å². The Hall–Kier alpha value is -1.13. The SMILES string of the molecule is O=C(O[C@@H]1O[C@H](CO)[C@H](O)[C@H](O)[C@H]1O)O[C@@H]1O[C@H](CO)[C@H](O)[C@H](O)[C@H]1O. The van der Waals surface area contributed by atoms with Gasteiger partial charge in [-0.05, 0) is 0 Å². The molecule has 0 aliphatic carbocycles. The van der Waals surface area contributed by atoms with Gasteiger partial charge >= 0.3 is 6.16 Å². The Kier molecular flexibility index (Phi) is 7.09. The minimum absolute atomic E-state index is 0.743. The molecule has 0 bridgehead atoms. The van der Waals surface area contributed by atoms with Crippen LogP contribution >= 0.6 is 0 Å². The first-order valence-corrected chi connectivity index (χ1v) is 7.69. The molecule has 2 aliphatic rings. The highest BCUT2D eigenvalue weighted by Crippen LogP contribution is 2.25. The van der Waals surface area contributed by atoms with Gasteiger partial charge in [-0.2, -0.15) is 0 Å². The van der Waals surface area contributed by atoms with E-state index in [1.807, 2.05) is 0 Å². The standard InChI is InChI=1S/C13H22O13/c14-1-3-5(16)7(18)9(20)11(23-3)25-13(22)26-12-10(21)8(19)6(17)4(2-15)24-12/h3-12,14-21H,1-2H2/t3-,4-,5+,6+,7+,8+,9-,10-,11+,12+/m1/s1. The number of carbonyl (C=O) groups is 1. The third-order valence-corrected chi connectivity index (χ3v) is 4.12. The Labute approximate surface area is 146 Å². The van der Waals surface area contributed by atoms with Gasteiger partial charge in [0.05, 0.1) is 13.2 Å². The van der Waals surface area contributed by atoms with E-state index in [-0.39, 0.29) is 0 Å². The Balaban J connectivity index is 1.97. The zero-order valence-corrected chi connectivity index (χ0v) is 13.3. The molecule has 0 spiro atoms. The topological polar surface area (TPSA) is 216 Å². The highest BCUT2D eigenvalue weighted by atomic mass is 16.8. The van der Waals surface area contributed by atoms with Crippen molar-refractivity contribution in [1.82, 2.24) is 0 Å². The molecule has 0 aromatic rings. The zero-order valence-electron chi connectivity index (χ0n) is 13.3. The van der Waals surface area contributed by atoms with E-state index < -0.39 is 80.8 Å². The first-order chi connectivity index (χ1) is 12.2. The van der Waals surface area contributed by atoms with Crippen LogP contribution in [0.25, 0.3) is 0 Å². The van der Waals surface area contributed by atoms with Gasteiger partial charge in [0.15, 0.2) is 0 Å². The summed E-state index contributed by atoms with van der Waals surface area (Å²) in [5.74, 6) is 0. The average molecular weight is 386 g/mol. The molecule has 0 saturated carbocycles. The number of ether oxygens (including phenoxy) is 4. The molecule has 2 rings (SSSR count). The highest BCUT2D eigenvalue weighted by Gasteiger charge is 2.48. The van der Waals surface area contributed by atoms with E-state index in [1.54, 1.807) is 0 Å². The summed E-state index contributed by atoms with van der Waals surface area (Å²) in [4.78, 5) is 11.8. The van der Waals surface area contributed by atoms with Crippen molar-refractivity contribution in [2.45, 2.75) is 61.4 Å². The van der Waals surface area contributed by atoms with Crippen LogP contribution < -0.4 is 0 Å². The molecular weight excluding hydrogens is 364 g/mol. The summed E-state index contributed by atoms with van der Waals surface area (Å²) in [6.45, 7) is -1.49. The maximum absolute atomic E-state index is 11.8. The maximum Gasteiger partial charge on any atom is 0.513 e. The molecule has 8 N–H and O–H groups in total. The molecule has 0 unspecified atom stereocenters. The van der Waals surface area contributed by atoms with Gasteiger partial charge in [-0.3, -0.25) is 0 Å². The summed E-state index contributed by atoms with van der Waals surface area (Å²) >= 11 is 0. The fraction of sp³-hybridized carbons (Fsp3) is 0.923. The van der Waals surface area contributed by atoms with Crippen LogP contribution in [0, 0.1) is 0 Å². The van der Waals surface area contributed by atoms with Gasteiger partial charge in [0.25, 0.3) is 0 Å². The Morgan fingerprint density at radius 2 is 1.00 bits per heavy atom. The van der Waals surface area contributed by atoms with Crippen molar-refractivity contribution in [2.75, 3.05) is 13.2 Å². The van der Waals surface area contributed by atoms with Crippen LogP contribution in [0.1, 0.15) is 0 Å². The van der Waals surface area contributed by atoms with Crippen LogP contribution in [0.2, 0.25) is 0 Å². The van der Waals surface area contributed by atoms with Crippen LogP contribution in [0.4, 0.5) is 4.79 Å². The highest BCUT2D eigenvalue weighted by molar-refractivity contribution is 5.60. The second-order valence-electron chi connectivity index (χ2n) is 5.88. The molecule has 2 aliphatic heterocycles. The fourth-order valence-electron chi connectivity index (χ4n) is 2.55. The number of hydrogen-bond donors (Lipinski definition) is 8. The molecule has 0 aromatic carbocycles. The van der Waals surface area contributed by atoms with Gasteiger partial charge in [0, 0.05) is 0 Å². The van der Waals surface area contributed by atoms with E-state index in [1.165, 1.54) is 0 Å². The average Bonchev–Trinajstić information content (AvgIpc) is 2.62. The summed E-state index contributed by atoms with van der Waals surface area (Å²) in [7, 11) is 0. The molecule has 0 aromatic heterocycles. The third kappa shape index (κ3) is 4.23. The molecule has 2 fully saturated rings. The quantitative estimate of drug-likeness (QED) is 0.212. The van der Waals surface area contributed by atoms with Crippen molar-refractivity contribution in [1.29, 1.82) is 0 Å². The van der Waals surface area contributed by atoms with Crippen LogP contribution in [-0.4, -0.2) is 122 Å². The largest absolute Gasteiger partial charge is 0.513 e. The first kappa shape index (κ1) is 21.2. The molecule has 2 saturated heterocycles. The fourth-order valence-corrected chi connectivity index (χ4v) is 2.55. The van der Waals surface area contributed by atoms with Crippen molar-refractivity contribution in [2.24, 2.45) is 0 Å². The third-order valence-electron chi connectivity index (χ3n) is 4.12. The summed E-state index contributed by atoms with van der Waals surface area (Å²) in [5, 5.41) is 76.0. The number of rotatable bonds is 4. The lowest BCUT2D eigenvalue weighted by Gasteiger charge is -2.40. The van der Waals surface area contributed by atoms with Crippen LogP contribution in [0.15, 0.2) is 0 Å². The lowest BCUT2D eigenvalue weighted by molar-refractivity contribution is -0.309. The van der Waals surface area contributed by atoms with Crippen molar-refractivity contribution >= 4 is 6.16 Å². The van der Waals surface area contributed by atoms with Crippen molar-refractivity contribution in [3.8, 4) is 0 Å². The minimum atomic E-state index is -1.87. The van der Waals surface area contributed by atoms with Crippen LogP contribution in [0.3, 0.4) is 0 Å². The number of aliphatic hydroxyl groups is 8. The molecule has 152 valence electrons. The van der Waals surface area contributed by atoms with Crippen molar-refractivity contribution in [3.63, 3.8) is 0 Å². The second kappa shape index (κ2) is 8.71. The van der Waals surface area contributed by atoms with Gasteiger partial charge < -0.3 is 59.8 Å². The summed E-state index contributed by atoms with van der Waals surface area (Å²) < 4.78 is 19.1. The van der Waals surface area contributed by atoms with E-state index in [0.29, 0.717) is 0 Å². The van der Waals surface area contributed by atoms with Gasteiger partial charge in [0.2, 0.25) is 12.6 Å². The van der Waals surface area contributed by atoms with Gasteiger partial charge in [-0.1, -0.05) is 0 Å². The van der Waals surface area contributed by atoms with E-state index in [9.17, 15) is 35.4 Å². The van der Waals surface area contributed by atoms with Crippen LogP contribution in [-0.2, 0) is 18.9 Å². The van der Waals surface area contributed by atoms with Crippen molar-refractivity contribution < 1.29 is 64.6 Å². The molecule has 13 nitrogen and oxygen atoms in total. The lowest BCUT2D eigenvalue weighted by Crippen LogP contribution is -2.61. The number of hydrogen-bond acceptors (Lipinski definition) is 13. The van der Waals surface area contributed by atoms with E-state index in [4.69, 9.17) is 19.7 Å². The molecule has 10 atom stereocenters. The Morgan fingerprint density at radius 3 is 1.31 bits per heavy atom. The van der Waals surface area contributed by atoms with Gasteiger partial charge in [0.1, 0.15) is 48.8 Å². The zero-order chi connectivity index (χ0) is 19.6. The second-order valence-corrected chi connectivity index (χ2v) is 5.88. The summed E-state index contributed by atoms with van der Waals surface area (Å²) in [6.07, 6.45) is -18.4. The van der Waals surface area contributed by atoms with E-state index in [0.717, 1.165) is 0 Å². The maximum atomic E-state index is 11.8. The van der Waals surface area contributed by atoms with E-state index in [2.05, 4.69) is 9.47 Å². The monoisotopic (exact) mass is 386 g/mol. The Bertz CT molecular complexity index is 431. The summed E-state index contributed by atoms with van der Waals surface area (Å²) in [6, 6.07) is 0. The molecule has 13 heteroatoms. The van der Waals surface area contributed by atoms with Gasteiger partial charge in [-0.15, -0.1) is 0 Å². The predicted octanol–water partition coefficient (Wildman–Crippen LogP) is -5.26. The van der Waals surface area contributed by atoms with Crippen molar-refractivity contribution in [3.05, 3.63) is 0 Å². The number of aliphatic hydroxyl groups excluding tert-OH is 8. The van der Waals surface area contributed by atoms with Crippen LogP contribution in [0.5, 0.6) is 0 Å². The normalized spacial score (nSPS) is 46.6. The molecule has 0 radical (unpaired) electrons. The molecule has 0 amide bonds. The minimum Gasteiger partial charge on any atom is -0.401 e. The predicted molar refractivity (Wildman–Crippen MR) is 75.1 cm³/mol. The Morgan fingerprint density at radius 1 is 0.654 bits per heavy atom. The molecule has 26 heavy (non-hydrogen) atoms. The summed E-state index contributed by atoms with van der Waals surface area (Å²) in [5.41, 5.74) is 0. The van der Waals surface area contributed by atoms with Gasteiger partial charge in [-0.25, -0.2) is 4.79 Å². The first-order valence-electron chi connectivity index (χ1n) is 7.69. The number of carbonyl (C=O) groups excluding carboxylic acids is 1.